The Hall–Kier alpha value is -2.27. The third kappa shape index (κ3) is 2.23. The quantitative estimate of drug-likeness (QED) is 0.372. The zero-order chi connectivity index (χ0) is 16.4. The number of ether oxygens (including phenoxy) is 1. The number of nitrogen functional groups attached to an aromatic ring is 1. The van der Waals surface area contributed by atoms with Gasteiger partial charge in [0, 0.05) is 5.88 Å². The number of nitrogens with two attached hydrogens (primary N) is 1. The Morgan fingerprint density at radius 3 is 2.91 bits per heavy atom. The fraction of sp³-hybridized carbons (Fsp3) is 0.400. The van der Waals surface area contributed by atoms with Crippen LogP contribution in [0.25, 0.3) is 0 Å². The molecule has 1 aromatic heterocycles. The number of anilines is 3. The number of nitrogens with zero attached hydrogens (tertiary/aromatic N) is 2. The zero-order valence-electron chi connectivity index (χ0n) is 11.3. The minimum Gasteiger partial charge on any atom is -0.872 e. The van der Waals surface area contributed by atoms with Crippen molar-refractivity contribution in [3.63, 3.8) is 0 Å². The summed E-state index contributed by atoms with van der Waals surface area (Å²) in [6.45, 7) is -0.314. The van der Waals surface area contributed by atoms with Gasteiger partial charge in [0.2, 0.25) is 5.95 Å². The smallest absolute Gasteiger partial charge is 0.527 e. The molecule has 23 heavy (non-hydrogen) atoms. The third-order valence-electron chi connectivity index (χ3n) is 3.51. The van der Waals surface area contributed by atoms with Crippen molar-refractivity contribution in [2.24, 2.45) is 0 Å². The number of fused-ring (bicyclic) bond motifs is 3. The Bertz CT molecular complexity index is 770. The Labute approximate surface area is 128 Å². The first-order valence-corrected chi connectivity index (χ1v) is 7.95. The van der Waals surface area contributed by atoms with Gasteiger partial charge in [-0.05, 0) is 0 Å². The van der Waals surface area contributed by atoms with E-state index in [2.05, 4.69) is 25.1 Å². The van der Waals surface area contributed by atoms with E-state index in [-0.39, 0.29) is 29.8 Å². The van der Waals surface area contributed by atoms with Crippen molar-refractivity contribution in [1.29, 1.82) is 0 Å². The minimum atomic E-state index is -4.33. The van der Waals surface area contributed by atoms with Crippen LogP contribution in [0.3, 0.4) is 0 Å². The molecular formula is C10H10N5O7P-2. The molecule has 0 aliphatic carbocycles. The van der Waals surface area contributed by atoms with Crippen LogP contribution in [-0.4, -0.2) is 39.8 Å². The van der Waals surface area contributed by atoms with Crippen LogP contribution >= 0.6 is 7.82 Å². The summed E-state index contributed by atoms with van der Waals surface area (Å²) in [5.74, 6) is -1.77. The molecule has 3 aliphatic heterocycles. The number of nitrogens with one attached hydrogen (secondary N) is 2. The van der Waals surface area contributed by atoms with E-state index in [4.69, 9.17) is 15.0 Å². The molecule has 4 atom stereocenters. The number of phosphoric acid groups is 1. The fourth-order valence-corrected chi connectivity index (χ4v) is 3.37. The normalized spacial score (nSPS) is 35.1. The van der Waals surface area contributed by atoms with Crippen LogP contribution in [0.2, 0.25) is 0 Å². The first-order valence-electron chi connectivity index (χ1n) is 6.45. The molecule has 0 bridgehead atoms. The maximum atomic E-state index is 12.5. The molecule has 0 saturated carbocycles. The SMILES string of the molecule is Nc1nc([O-])c2c(n1)NC1OC3COP(=O)(O)OC3=C([O-])C1N2. The highest BCUT2D eigenvalue weighted by atomic mass is 31.2. The van der Waals surface area contributed by atoms with Crippen molar-refractivity contribution in [1.82, 2.24) is 9.97 Å². The molecule has 0 spiro atoms. The van der Waals surface area contributed by atoms with Gasteiger partial charge < -0.3 is 35.8 Å². The topological polar surface area (TPSA) is 187 Å². The highest BCUT2D eigenvalue weighted by Crippen LogP contribution is 2.52. The van der Waals surface area contributed by atoms with Gasteiger partial charge in [-0.3, -0.25) is 9.42 Å². The Morgan fingerprint density at radius 1 is 1.35 bits per heavy atom. The molecule has 5 N–H and O–H groups in total. The van der Waals surface area contributed by atoms with E-state index >= 15 is 0 Å². The molecule has 0 radical (unpaired) electrons. The standard InChI is InChI=1S/C10H12N5O7P/c11-10-14-7-4(8(17)15-10)12-3-5(16)6-2(21-9(3)13-7)1-20-23(18,19)22-6/h2-3,9,12,16H,1H2,(H,18,19)(H4,11,13,14,15,17)/p-2. The molecule has 12 nitrogen and oxygen atoms in total. The van der Waals surface area contributed by atoms with Crippen molar-refractivity contribution in [3.05, 3.63) is 11.5 Å². The van der Waals surface area contributed by atoms with Crippen molar-refractivity contribution in [2.75, 3.05) is 23.0 Å². The number of aromatic nitrogens is 2. The van der Waals surface area contributed by atoms with Crippen LogP contribution in [-0.2, 0) is 18.3 Å². The lowest BCUT2D eigenvalue weighted by atomic mass is 10.0. The summed E-state index contributed by atoms with van der Waals surface area (Å²) >= 11 is 0. The summed E-state index contributed by atoms with van der Waals surface area (Å²) < 4.78 is 26.4. The highest BCUT2D eigenvalue weighted by molar-refractivity contribution is 7.47. The molecule has 0 aromatic carbocycles. The summed E-state index contributed by atoms with van der Waals surface area (Å²) in [5, 5.41) is 29.7. The minimum absolute atomic E-state index is 0.0457. The first-order chi connectivity index (χ1) is 10.8. The average molecular weight is 343 g/mol. The van der Waals surface area contributed by atoms with E-state index in [9.17, 15) is 19.7 Å². The lowest BCUT2D eigenvalue weighted by Crippen LogP contribution is -2.56. The van der Waals surface area contributed by atoms with Gasteiger partial charge in [-0.2, -0.15) is 4.98 Å². The summed E-state index contributed by atoms with van der Waals surface area (Å²) in [5.41, 5.74) is 5.37. The lowest BCUT2D eigenvalue weighted by molar-refractivity contribution is -0.324. The second kappa shape index (κ2) is 4.61. The average Bonchev–Trinajstić information content (AvgIpc) is 2.46. The van der Waals surface area contributed by atoms with E-state index in [0.717, 1.165) is 0 Å². The second-order valence-corrected chi connectivity index (χ2v) is 6.38. The molecule has 1 aromatic rings. The van der Waals surface area contributed by atoms with E-state index in [0.29, 0.717) is 0 Å². The van der Waals surface area contributed by atoms with Crippen molar-refractivity contribution in [2.45, 2.75) is 18.4 Å². The molecule has 4 rings (SSSR count). The predicted octanol–water partition coefficient (Wildman–Crippen LogP) is -2.22. The highest BCUT2D eigenvalue weighted by Gasteiger charge is 2.44. The van der Waals surface area contributed by atoms with Gasteiger partial charge in [-0.25, -0.2) is 9.55 Å². The summed E-state index contributed by atoms with van der Waals surface area (Å²) in [4.78, 5) is 16.7. The van der Waals surface area contributed by atoms with Crippen LogP contribution < -0.4 is 26.6 Å². The van der Waals surface area contributed by atoms with E-state index in [1.165, 1.54) is 0 Å². The molecule has 4 heterocycles. The van der Waals surface area contributed by atoms with Crippen LogP contribution in [0.4, 0.5) is 17.5 Å². The summed E-state index contributed by atoms with van der Waals surface area (Å²) in [7, 11) is -4.33. The van der Waals surface area contributed by atoms with Gasteiger partial charge in [0.05, 0.1) is 18.3 Å². The van der Waals surface area contributed by atoms with Crippen LogP contribution in [0.5, 0.6) is 5.88 Å². The van der Waals surface area contributed by atoms with Gasteiger partial charge >= 0.3 is 7.82 Å². The summed E-state index contributed by atoms with van der Waals surface area (Å²) in [6, 6.07) is -1.05. The second-order valence-electron chi connectivity index (χ2n) is 5.01. The van der Waals surface area contributed by atoms with Crippen molar-refractivity contribution < 1.29 is 33.5 Å². The molecule has 1 fully saturated rings. The number of rotatable bonds is 0. The molecule has 1 saturated heterocycles. The van der Waals surface area contributed by atoms with Crippen molar-refractivity contribution in [3.8, 4) is 5.88 Å². The third-order valence-corrected chi connectivity index (χ3v) is 4.41. The van der Waals surface area contributed by atoms with E-state index in [1.54, 1.807) is 0 Å². The predicted molar refractivity (Wildman–Crippen MR) is 69.5 cm³/mol. The summed E-state index contributed by atoms with van der Waals surface area (Å²) in [6.07, 6.45) is -1.83. The first kappa shape index (κ1) is 14.3. The number of phosphoric ester groups is 1. The molecule has 4 unspecified atom stereocenters. The van der Waals surface area contributed by atoms with Crippen LogP contribution in [0.1, 0.15) is 0 Å². The fourth-order valence-electron chi connectivity index (χ4n) is 2.54. The van der Waals surface area contributed by atoms with Gasteiger partial charge in [0.1, 0.15) is 11.9 Å². The van der Waals surface area contributed by atoms with Gasteiger partial charge in [-0.1, -0.05) is 5.76 Å². The molecule has 3 aliphatic rings. The van der Waals surface area contributed by atoms with Gasteiger partial charge in [0.15, 0.2) is 12.0 Å². The van der Waals surface area contributed by atoms with Gasteiger partial charge in [0.25, 0.3) is 0 Å². The molecule has 0 amide bonds. The Kier molecular flexibility index (Phi) is 2.87. The Morgan fingerprint density at radius 2 is 2.13 bits per heavy atom. The molecule has 13 heteroatoms. The Balaban J connectivity index is 1.73. The van der Waals surface area contributed by atoms with Crippen LogP contribution in [0.15, 0.2) is 11.5 Å². The van der Waals surface area contributed by atoms with E-state index < -0.39 is 37.8 Å². The van der Waals surface area contributed by atoms with Gasteiger partial charge in [-0.15, -0.1) is 0 Å². The molecular weight excluding hydrogens is 333 g/mol. The van der Waals surface area contributed by atoms with Crippen LogP contribution in [0, 0.1) is 0 Å². The maximum Gasteiger partial charge on any atom is 0.527 e. The zero-order valence-corrected chi connectivity index (χ0v) is 12.1. The number of hydrogen-bond donors (Lipinski definition) is 4. The number of hydrogen-bond acceptors (Lipinski definition) is 11. The monoisotopic (exact) mass is 343 g/mol. The lowest BCUT2D eigenvalue weighted by Gasteiger charge is -2.47. The van der Waals surface area contributed by atoms with Crippen molar-refractivity contribution >= 4 is 25.3 Å². The largest absolute Gasteiger partial charge is 0.872 e. The van der Waals surface area contributed by atoms with E-state index in [1.807, 2.05) is 0 Å². The maximum absolute atomic E-state index is 12.5. The molecule has 124 valence electrons.